The van der Waals surface area contributed by atoms with Crippen LogP contribution < -0.4 is 8.92 Å². The molecule has 0 aliphatic carbocycles. The summed E-state index contributed by atoms with van der Waals surface area (Å²) in [5.74, 6) is 0.277. The average Bonchev–Trinajstić information content (AvgIpc) is 2.79. The molecule has 0 saturated heterocycles. The second-order valence-electron chi connectivity index (χ2n) is 9.47. The van der Waals surface area contributed by atoms with Crippen molar-refractivity contribution >= 4 is 16.0 Å². The zero-order valence-corrected chi connectivity index (χ0v) is 21.1. The Labute approximate surface area is 206 Å². The van der Waals surface area contributed by atoms with Gasteiger partial charge in [0, 0.05) is 19.5 Å². The van der Waals surface area contributed by atoms with E-state index in [1.807, 2.05) is 20.8 Å². The van der Waals surface area contributed by atoms with Crippen LogP contribution in [0.15, 0.2) is 77.7 Å². The lowest BCUT2D eigenvalue weighted by molar-refractivity contribution is -0.134. The third-order valence-corrected chi connectivity index (χ3v) is 6.41. The predicted molar refractivity (Wildman–Crippen MR) is 132 cm³/mol. The molecule has 3 rings (SSSR count). The van der Waals surface area contributed by atoms with Gasteiger partial charge >= 0.3 is 10.1 Å². The fourth-order valence-corrected chi connectivity index (χ4v) is 4.36. The van der Waals surface area contributed by atoms with Gasteiger partial charge in [-0.3, -0.25) is 4.79 Å². The van der Waals surface area contributed by atoms with E-state index in [4.69, 9.17) is 8.92 Å². The van der Waals surface area contributed by atoms with E-state index in [9.17, 15) is 17.6 Å². The van der Waals surface area contributed by atoms with Gasteiger partial charge in [-0.25, -0.2) is 4.39 Å². The normalized spacial score (nSPS) is 11.7. The Balaban J connectivity index is 1.81. The summed E-state index contributed by atoms with van der Waals surface area (Å²) >= 11 is 0. The van der Waals surface area contributed by atoms with Crippen molar-refractivity contribution in [3.8, 4) is 11.5 Å². The first kappa shape index (κ1) is 26.2. The molecule has 0 N–H and O–H groups in total. The molecule has 0 aromatic heterocycles. The Kier molecular flexibility index (Phi) is 8.17. The number of carbonyl (C=O) groups is 1. The van der Waals surface area contributed by atoms with Crippen molar-refractivity contribution in [1.29, 1.82) is 0 Å². The van der Waals surface area contributed by atoms with Crippen LogP contribution in [0.2, 0.25) is 0 Å². The molecule has 0 aliphatic rings. The Morgan fingerprint density at radius 1 is 0.886 bits per heavy atom. The second kappa shape index (κ2) is 10.9. The van der Waals surface area contributed by atoms with Gasteiger partial charge in [-0.2, -0.15) is 8.42 Å². The van der Waals surface area contributed by atoms with Gasteiger partial charge in [0.15, 0.2) is 0 Å². The predicted octanol–water partition coefficient (Wildman–Crippen LogP) is 5.57. The molecule has 3 aromatic rings. The number of hydrogen-bond acceptors (Lipinski definition) is 5. The zero-order chi connectivity index (χ0) is 25.6. The topological polar surface area (TPSA) is 72.9 Å². The lowest BCUT2D eigenvalue weighted by Gasteiger charge is -2.27. The molecular weight excluding hydrogens is 469 g/mol. The van der Waals surface area contributed by atoms with Crippen LogP contribution in [0.4, 0.5) is 4.39 Å². The number of nitrogens with zero attached hydrogens (tertiary/aromatic N) is 1. The van der Waals surface area contributed by atoms with Gasteiger partial charge in [-0.05, 0) is 65.1 Å². The highest BCUT2D eigenvalue weighted by Crippen LogP contribution is 2.25. The summed E-state index contributed by atoms with van der Waals surface area (Å²) in [7, 11) is -2.55. The molecule has 0 unspecified atom stereocenters. The van der Waals surface area contributed by atoms with E-state index < -0.39 is 10.1 Å². The molecule has 0 bridgehead atoms. The van der Waals surface area contributed by atoms with Crippen LogP contribution in [-0.4, -0.2) is 26.3 Å². The van der Waals surface area contributed by atoms with Gasteiger partial charge in [0.05, 0.1) is 7.11 Å². The average molecular weight is 500 g/mol. The van der Waals surface area contributed by atoms with E-state index in [0.29, 0.717) is 24.3 Å². The van der Waals surface area contributed by atoms with Crippen molar-refractivity contribution in [3.05, 3.63) is 89.7 Å². The number of halogens is 1. The highest BCUT2D eigenvalue weighted by atomic mass is 32.2. The maximum Gasteiger partial charge on any atom is 0.339 e. The number of carbonyl (C=O) groups excluding carboxylic acids is 1. The van der Waals surface area contributed by atoms with Crippen molar-refractivity contribution < 1.29 is 26.5 Å². The van der Waals surface area contributed by atoms with Crippen molar-refractivity contribution in [1.82, 2.24) is 4.90 Å². The summed E-state index contributed by atoms with van der Waals surface area (Å²) in [4.78, 5) is 14.8. The fourth-order valence-electron chi connectivity index (χ4n) is 3.44. The van der Waals surface area contributed by atoms with Crippen molar-refractivity contribution in [2.75, 3.05) is 7.11 Å². The lowest BCUT2D eigenvalue weighted by atomic mass is 9.91. The first-order valence-electron chi connectivity index (χ1n) is 11.1. The highest BCUT2D eigenvalue weighted by molar-refractivity contribution is 7.87. The number of hydrogen-bond donors (Lipinski definition) is 0. The van der Waals surface area contributed by atoms with Crippen LogP contribution in [0.3, 0.4) is 0 Å². The number of benzene rings is 3. The minimum atomic E-state index is -4.05. The van der Waals surface area contributed by atoms with E-state index >= 15 is 0 Å². The number of methoxy groups -OCH3 is 1. The lowest BCUT2D eigenvalue weighted by Crippen LogP contribution is -2.32. The maximum atomic E-state index is 13.3. The molecule has 3 aromatic carbocycles. The van der Waals surface area contributed by atoms with Gasteiger partial charge in [0.2, 0.25) is 5.91 Å². The quantitative estimate of drug-likeness (QED) is 0.360. The Bertz CT molecular complexity index is 1250. The first-order valence-corrected chi connectivity index (χ1v) is 12.6. The summed E-state index contributed by atoms with van der Waals surface area (Å²) in [5.41, 5.74) is 1.29. The van der Waals surface area contributed by atoms with Gasteiger partial charge in [-0.1, -0.05) is 45.0 Å². The Morgan fingerprint density at radius 3 is 2.11 bits per heavy atom. The smallest absolute Gasteiger partial charge is 0.339 e. The molecule has 0 saturated carbocycles. The number of amides is 1. The van der Waals surface area contributed by atoms with Crippen LogP contribution in [0, 0.1) is 11.2 Å². The largest absolute Gasteiger partial charge is 0.497 e. The van der Waals surface area contributed by atoms with Crippen molar-refractivity contribution in [2.45, 2.75) is 45.2 Å². The summed E-state index contributed by atoms with van der Waals surface area (Å²) in [5, 5.41) is 0. The van der Waals surface area contributed by atoms with Crippen LogP contribution in [0.5, 0.6) is 11.5 Å². The maximum absolute atomic E-state index is 13.3. The minimum absolute atomic E-state index is 0.00185. The molecule has 1 amide bonds. The summed E-state index contributed by atoms with van der Waals surface area (Å²) in [6, 6.07) is 18.5. The van der Waals surface area contributed by atoms with E-state index in [1.165, 1.54) is 31.4 Å². The molecule has 8 heteroatoms. The molecule has 0 heterocycles. The summed E-state index contributed by atoms with van der Waals surface area (Å²) in [6.45, 7) is 6.49. The van der Waals surface area contributed by atoms with Crippen LogP contribution in [-0.2, 0) is 28.0 Å². The Hall–Kier alpha value is -3.39. The molecule has 0 spiro atoms. The zero-order valence-electron chi connectivity index (χ0n) is 20.3. The van der Waals surface area contributed by atoms with E-state index in [0.717, 1.165) is 5.56 Å². The SMILES string of the molecule is COc1ccc(S(=O)(=O)Oc2cccc(CN(Cc3ccc(F)cc3)C(=O)CC(C)(C)C)c2)cc1. The number of rotatable bonds is 9. The number of ether oxygens (including phenoxy) is 1. The Morgan fingerprint density at radius 2 is 1.51 bits per heavy atom. The van der Waals surface area contributed by atoms with Crippen LogP contribution in [0.25, 0.3) is 0 Å². The second-order valence-corrected chi connectivity index (χ2v) is 11.0. The minimum Gasteiger partial charge on any atom is -0.497 e. The molecule has 35 heavy (non-hydrogen) atoms. The van der Waals surface area contributed by atoms with Crippen molar-refractivity contribution in [3.63, 3.8) is 0 Å². The van der Waals surface area contributed by atoms with Gasteiger partial charge in [0.1, 0.15) is 22.2 Å². The van der Waals surface area contributed by atoms with E-state index in [1.54, 1.807) is 53.4 Å². The molecule has 0 radical (unpaired) electrons. The van der Waals surface area contributed by atoms with Gasteiger partial charge in [0.25, 0.3) is 0 Å². The molecular formula is C27H30FNO5S. The van der Waals surface area contributed by atoms with Crippen LogP contribution >= 0.6 is 0 Å². The van der Waals surface area contributed by atoms with E-state index in [-0.39, 0.29) is 34.3 Å². The monoisotopic (exact) mass is 499 g/mol. The fraction of sp³-hybridized carbons (Fsp3) is 0.296. The third-order valence-electron chi connectivity index (χ3n) is 5.15. The third kappa shape index (κ3) is 7.82. The molecule has 0 fully saturated rings. The first-order chi connectivity index (χ1) is 16.4. The highest BCUT2D eigenvalue weighted by Gasteiger charge is 2.22. The summed E-state index contributed by atoms with van der Waals surface area (Å²) in [6.07, 6.45) is 0.330. The molecule has 0 atom stereocenters. The van der Waals surface area contributed by atoms with Gasteiger partial charge < -0.3 is 13.8 Å². The molecule has 6 nitrogen and oxygen atoms in total. The summed E-state index contributed by atoms with van der Waals surface area (Å²) < 4.78 is 49.2. The van der Waals surface area contributed by atoms with Gasteiger partial charge in [-0.15, -0.1) is 0 Å². The molecule has 0 aliphatic heterocycles. The van der Waals surface area contributed by atoms with Crippen LogP contribution in [0.1, 0.15) is 38.3 Å². The van der Waals surface area contributed by atoms with Crippen molar-refractivity contribution in [2.24, 2.45) is 5.41 Å². The van der Waals surface area contributed by atoms with E-state index in [2.05, 4.69) is 0 Å². The molecule has 186 valence electrons. The standard InChI is InChI=1S/C27H30FNO5S/c1-27(2,3)17-26(30)29(18-20-8-10-22(28)11-9-20)19-21-6-5-7-24(16-21)34-35(31,32)25-14-12-23(33-4)13-15-25/h5-16H,17-19H2,1-4H3.